The van der Waals surface area contributed by atoms with Crippen LogP contribution in [0.15, 0.2) is 48.5 Å². The van der Waals surface area contributed by atoms with E-state index in [2.05, 4.69) is 0 Å². The zero-order chi connectivity index (χ0) is 18.4. The third kappa shape index (κ3) is 5.33. The van der Waals surface area contributed by atoms with E-state index in [0.717, 1.165) is 12.2 Å². The fourth-order valence-corrected chi connectivity index (χ4v) is 2.11. The van der Waals surface area contributed by atoms with Crippen LogP contribution in [0, 0.1) is 20.2 Å². The van der Waals surface area contributed by atoms with Gasteiger partial charge in [0.25, 0.3) is 11.4 Å². The molecule has 1 heterocycles. The molecule has 132 valence electrons. The van der Waals surface area contributed by atoms with E-state index in [4.69, 9.17) is 4.74 Å². The van der Waals surface area contributed by atoms with Crippen LogP contribution >= 0.6 is 0 Å². The largest absolute Gasteiger partial charge is 0.388 e. The monoisotopic (exact) mass is 346 g/mol. The highest BCUT2D eigenvalue weighted by molar-refractivity contribution is 5.35. The summed E-state index contributed by atoms with van der Waals surface area (Å²) in [5.41, 5.74) is 1.90. The van der Waals surface area contributed by atoms with Gasteiger partial charge < -0.3 is 9.84 Å². The smallest absolute Gasteiger partial charge is 0.269 e. The minimum atomic E-state index is -0.527. The molecule has 3 rings (SSSR count). The zero-order valence-corrected chi connectivity index (χ0v) is 13.6. The van der Waals surface area contributed by atoms with Crippen molar-refractivity contribution in [3.05, 3.63) is 79.9 Å². The first-order valence-corrected chi connectivity index (χ1v) is 7.70. The fraction of sp³-hybridized carbons (Fsp3) is 0.294. The Morgan fingerprint density at radius 2 is 1.48 bits per heavy atom. The van der Waals surface area contributed by atoms with Gasteiger partial charge in [0, 0.05) is 24.3 Å². The minimum Gasteiger partial charge on any atom is -0.388 e. The summed E-state index contributed by atoms with van der Waals surface area (Å²) in [6.45, 7) is 2.59. The molecule has 8 nitrogen and oxygen atoms in total. The third-order valence-electron chi connectivity index (χ3n) is 3.68. The van der Waals surface area contributed by atoms with Crippen LogP contribution in [-0.4, -0.2) is 21.6 Å². The maximum absolute atomic E-state index is 10.3. The molecule has 0 radical (unpaired) electrons. The van der Waals surface area contributed by atoms with E-state index >= 15 is 0 Å². The molecule has 2 atom stereocenters. The van der Waals surface area contributed by atoms with Gasteiger partial charge in [-0.3, -0.25) is 20.2 Å². The molecule has 0 aliphatic carbocycles. The van der Waals surface area contributed by atoms with Crippen molar-refractivity contribution in [3.8, 4) is 0 Å². The Balaban J connectivity index is 0.000000181. The number of non-ortho nitro benzene ring substituents is 2. The Kier molecular flexibility index (Phi) is 6.15. The number of hydrogen-bond donors (Lipinski definition) is 1. The van der Waals surface area contributed by atoms with E-state index in [9.17, 15) is 25.3 Å². The molecule has 0 spiro atoms. The normalized spacial score (nSPS) is 16.3. The SMILES string of the molecule is CCC(O)c1ccc([N+](=O)[O-])cc1.O=[N+]([O-])c1ccc([C@H]2CO2)cc1. The maximum atomic E-state index is 10.3. The van der Waals surface area contributed by atoms with E-state index in [1.807, 2.05) is 6.92 Å². The number of aliphatic hydroxyl groups is 1. The number of nitrogens with zero attached hydrogens (tertiary/aromatic N) is 2. The second kappa shape index (κ2) is 8.32. The lowest BCUT2D eigenvalue weighted by atomic mass is 10.1. The van der Waals surface area contributed by atoms with Gasteiger partial charge in [0.2, 0.25) is 0 Å². The summed E-state index contributed by atoms with van der Waals surface area (Å²) in [5.74, 6) is 0. The molecule has 1 saturated heterocycles. The molecule has 1 N–H and O–H groups in total. The van der Waals surface area contributed by atoms with E-state index < -0.39 is 16.0 Å². The first-order chi connectivity index (χ1) is 11.9. The van der Waals surface area contributed by atoms with E-state index in [1.54, 1.807) is 24.3 Å². The lowest BCUT2D eigenvalue weighted by Gasteiger charge is -2.06. The van der Waals surface area contributed by atoms with Gasteiger partial charge in [-0.15, -0.1) is 0 Å². The molecule has 0 bridgehead atoms. The van der Waals surface area contributed by atoms with Crippen molar-refractivity contribution >= 4 is 11.4 Å². The topological polar surface area (TPSA) is 119 Å². The Labute approximate surface area is 144 Å². The zero-order valence-electron chi connectivity index (χ0n) is 13.6. The molecule has 8 heteroatoms. The minimum absolute atomic E-state index is 0.0482. The van der Waals surface area contributed by atoms with Gasteiger partial charge in [0.15, 0.2) is 0 Å². The van der Waals surface area contributed by atoms with Crippen LogP contribution in [-0.2, 0) is 4.74 Å². The van der Waals surface area contributed by atoms with Crippen molar-refractivity contribution in [2.75, 3.05) is 6.61 Å². The molecule has 0 saturated carbocycles. The summed E-state index contributed by atoms with van der Waals surface area (Å²) in [6, 6.07) is 12.4. The van der Waals surface area contributed by atoms with Crippen molar-refractivity contribution < 1.29 is 19.7 Å². The summed E-state index contributed by atoms with van der Waals surface area (Å²) in [7, 11) is 0. The lowest BCUT2D eigenvalue weighted by Crippen LogP contribution is -1.95. The lowest BCUT2D eigenvalue weighted by molar-refractivity contribution is -0.385. The summed E-state index contributed by atoms with van der Waals surface area (Å²) < 4.78 is 5.03. The third-order valence-corrected chi connectivity index (χ3v) is 3.68. The number of aliphatic hydroxyl groups excluding tert-OH is 1. The molecule has 0 amide bonds. The molecule has 2 aromatic rings. The summed E-state index contributed by atoms with van der Waals surface area (Å²) >= 11 is 0. The molecule has 25 heavy (non-hydrogen) atoms. The summed E-state index contributed by atoms with van der Waals surface area (Å²) in [5, 5.41) is 30.0. The molecular formula is C17H18N2O6. The quantitative estimate of drug-likeness (QED) is 0.501. The second-order valence-electron chi connectivity index (χ2n) is 5.44. The van der Waals surface area contributed by atoms with Gasteiger partial charge >= 0.3 is 0 Å². The van der Waals surface area contributed by atoms with Crippen LogP contribution in [0.5, 0.6) is 0 Å². The highest BCUT2D eigenvalue weighted by Gasteiger charge is 2.24. The molecule has 1 aliphatic heterocycles. The summed E-state index contributed by atoms with van der Waals surface area (Å²) in [4.78, 5) is 19.7. The Morgan fingerprint density at radius 3 is 1.84 bits per heavy atom. The predicted octanol–water partition coefficient (Wildman–Crippen LogP) is 3.70. The Bertz CT molecular complexity index is 726. The molecule has 1 unspecified atom stereocenters. The fourth-order valence-electron chi connectivity index (χ4n) is 2.11. The van der Waals surface area contributed by atoms with Crippen LogP contribution in [0.1, 0.15) is 36.7 Å². The van der Waals surface area contributed by atoms with Crippen molar-refractivity contribution in [2.24, 2.45) is 0 Å². The standard InChI is InChI=1S/C9H11NO3.C8H7NO3/c1-2-9(11)7-3-5-8(6-4-7)10(12)13;10-9(11)7-3-1-6(2-4-7)8-5-12-8/h3-6,9,11H,2H2,1H3;1-4,8H,5H2/t;8-/m.1/s1. The number of ether oxygens (including phenoxy) is 1. The van der Waals surface area contributed by atoms with Gasteiger partial charge in [0.05, 0.1) is 22.6 Å². The first kappa shape index (κ1) is 18.5. The average Bonchev–Trinajstić information content (AvgIpc) is 3.47. The molecule has 0 aromatic heterocycles. The molecular weight excluding hydrogens is 328 g/mol. The van der Waals surface area contributed by atoms with E-state index in [-0.39, 0.29) is 17.5 Å². The van der Waals surface area contributed by atoms with Crippen LogP contribution in [0.3, 0.4) is 0 Å². The van der Waals surface area contributed by atoms with Crippen LogP contribution in [0.25, 0.3) is 0 Å². The Hall–Kier alpha value is -2.84. The van der Waals surface area contributed by atoms with Crippen molar-refractivity contribution in [2.45, 2.75) is 25.6 Å². The van der Waals surface area contributed by atoms with Gasteiger partial charge in [-0.2, -0.15) is 0 Å². The average molecular weight is 346 g/mol. The molecule has 2 aromatic carbocycles. The number of hydrogen-bond acceptors (Lipinski definition) is 6. The number of nitro benzene ring substituents is 2. The number of rotatable bonds is 5. The molecule has 1 aliphatic rings. The van der Waals surface area contributed by atoms with Gasteiger partial charge in [-0.25, -0.2) is 0 Å². The molecule has 1 fully saturated rings. The first-order valence-electron chi connectivity index (χ1n) is 7.70. The van der Waals surface area contributed by atoms with Crippen LogP contribution in [0.2, 0.25) is 0 Å². The highest BCUT2D eigenvalue weighted by atomic mass is 16.6. The van der Waals surface area contributed by atoms with E-state index in [1.165, 1.54) is 24.3 Å². The predicted molar refractivity (Wildman–Crippen MR) is 90.1 cm³/mol. The van der Waals surface area contributed by atoms with Crippen molar-refractivity contribution in [1.29, 1.82) is 0 Å². The van der Waals surface area contributed by atoms with Gasteiger partial charge in [-0.05, 0) is 41.8 Å². The second-order valence-corrected chi connectivity index (χ2v) is 5.44. The van der Waals surface area contributed by atoms with Gasteiger partial charge in [-0.1, -0.05) is 6.92 Å². The number of epoxide rings is 1. The van der Waals surface area contributed by atoms with Crippen LogP contribution in [0.4, 0.5) is 11.4 Å². The van der Waals surface area contributed by atoms with Crippen molar-refractivity contribution in [3.63, 3.8) is 0 Å². The Morgan fingerprint density at radius 1 is 1.04 bits per heavy atom. The maximum Gasteiger partial charge on any atom is 0.269 e. The van der Waals surface area contributed by atoms with Gasteiger partial charge in [0.1, 0.15) is 6.10 Å². The van der Waals surface area contributed by atoms with Crippen molar-refractivity contribution in [1.82, 2.24) is 0 Å². The van der Waals surface area contributed by atoms with Crippen LogP contribution < -0.4 is 0 Å². The number of benzene rings is 2. The highest BCUT2D eigenvalue weighted by Crippen LogP contribution is 2.30. The summed E-state index contributed by atoms with van der Waals surface area (Å²) in [6.07, 6.45) is 0.254. The van der Waals surface area contributed by atoms with E-state index in [0.29, 0.717) is 12.0 Å². The number of nitro groups is 2.